The van der Waals surface area contributed by atoms with E-state index in [2.05, 4.69) is 15.6 Å². The maximum absolute atomic E-state index is 15.7. The van der Waals surface area contributed by atoms with Gasteiger partial charge in [-0.25, -0.2) is 14.0 Å². The number of rotatable bonds is 32. The Balaban J connectivity index is 1.08. The number of amides is 2. The Labute approximate surface area is 517 Å². The van der Waals surface area contributed by atoms with Crippen LogP contribution in [0.25, 0.3) is 0 Å². The molecule has 25 nitrogen and oxygen atoms in total. The SMILES string of the molecule is COc1ccc(C(OC[C@H]2O[C@@H](n3ccc(NC(=O)c4ccccc4)nc3=O)C[C@@H]2OP(=O)(OCCOCCOCCO[C@@H]2O[C@H](COC(C)=O)[C@H](OC(C)=O)[C@H](OC(C)=O)[C@H]2NC(C)=O)N(C(C)C)C(C)C)(c2ccccc2)c2ccc(OC)cc2)cc1. The summed E-state index contributed by atoms with van der Waals surface area (Å²) < 4.78 is 96.9. The number of ether oxygens (including phenoxy) is 11. The van der Waals surface area contributed by atoms with E-state index in [1.54, 1.807) is 49.2 Å². The smallest absolute Gasteiger partial charge is 0.409 e. The van der Waals surface area contributed by atoms with Gasteiger partial charge >= 0.3 is 31.3 Å². The third-order valence-electron chi connectivity index (χ3n) is 14.3. The third-order valence-corrected chi connectivity index (χ3v) is 16.8. The summed E-state index contributed by atoms with van der Waals surface area (Å²) in [7, 11) is -1.16. The summed E-state index contributed by atoms with van der Waals surface area (Å²) in [6.45, 7) is 11.4. The van der Waals surface area contributed by atoms with Crippen molar-refractivity contribution in [2.45, 2.75) is 129 Å². The number of methoxy groups -OCH3 is 2. The van der Waals surface area contributed by atoms with Crippen molar-refractivity contribution in [1.29, 1.82) is 0 Å². The number of carbonyl (C=O) groups excluding carboxylic acids is 5. The molecule has 26 heteroatoms. The standard InChI is InChI=1S/C63H80N5O20P/c1-40(2)68(41(3)4)89(75,83-36-34-79-32-31-78-33-35-80-61-57(64-42(5)69)59(85-45(8)72)58(84-44(7)71)54(87-61)38-81-43(6)70)88-52-37-56(67-30-29-55(66-62(67)74)65-60(73)46-17-13-11-14-18-46)86-53(52)39-82-63(47-19-15-12-16-20-47,48-21-25-50(76-9)26-22-48)49-23-27-51(77-10)28-24-49/h11-30,40-41,52-54,56-59,61H,31-39H2,1-10H3,(H,64,69)(H,65,66,73,74)/t52-,53+,54+,56+,57+,58-,59+,61+,89?/m0/s1. The second-order valence-electron chi connectivity index (χ2n) is 21.3. The van der Waals surface area contributed by atoms with E-state index in [1.165, 1.54) is 30.7 Å². The van der Waals surface area contributed by atoms with Gasteiger partial charge in [0.15, 0.2) is 18.5 Å². The van der Waals surface area contributed by atoms with Gasteiger partial charge in [-0.05, 0) is 86.8 Å². The first-order chi connectivity index (χ1) is 42.7. The van der Waals surface area contributed by atoms with Gasteiger partial charge in [0.05, 0.1) is 60.5 Å². The predicted molar refractivity (Wildman–Crippen MR) is 322 cm³/mol. The van der Waals surface area contributed by atoms with E-state index in [4.69, 9.17) is 61.2 Å². The minimum Gasteiger partial charge on any atom is -0.497 e. The van der Waals surface area contributed by atoms with Crippen LogP contribution in [0.3, 0.4) is 0 Å². The number of benzene rings is 4. The Bertz CT molecular complexity index is 3160. The van der Waals surface area contributed by atoms with Gasteiger partial charge in [-0.3, -0.25) is 37.6 Å². The van der Waals surface area contributed by atoms with Gasteiger partial charge in [0.2, 0.25) is 5.91 Å². The Morgan fingerprint density at radius 3 is 1.76 bits per heavy atom. The zero-order valence-electron chi connectivity index (χ0n) is 51.6. The molecule has 9 atom stereocenters. The predicted octanol–water partition coefficient (Wildman–Crippen LogP) is 7.14. The largest absolute Gasteiger partial charge is 0.497 e. The van der Waals surface area contributed by atoms with Crippen molar-refractivity contribution in [2.75, 3.05) is 72.4 Å². The molecule has 3 heterocycles. The molecular formula is C63H80N5O20P. The summed E-state index contributed by atoms with van der Waals surface area (Å²) in [5.41, 5.74) is 0.557. The summed E-state index contributed by atoms with van der Waals surface area (Å²) in [4.78, 5) is 79.8. The molecule has 2 fully saturated rings. The zero-order valence-corrected chi connectivity index (χ0v) is 52.5. The molecule has 0 radical (unpaired) electrons. The molecule has 5 aromatic rings. The average Bonchev–Trinajstić information content (AvgIpc) is 1.50. The number of nitrogens with zero attached hydrogens (tertiary/aromatic N) is 3. The van der Waals surface area contributed by atoms with Crippen molar-refractivity contribution >= 4 is 43.3 Å². The minimum absolute atomic E-state index is 0.00728. The third kappa shape index (κ3) is 18.6. The molecule has 0 aliphatic carbocycles. The number of aromatic nitrogens is 2. The number of nitrogens with one attached hydrogen (secondary N) is 2. The molecule has 2 saturated heterocycles. The fraction of sp³-hybridized carbons (Fsp3) is 0.476. The highest BCUT2D eigenvalue weighted by atomic mass is 31.2. The van der Waals surface area contributed by atoms with Gasteiger partial charge in [0, 0.05) is 58.0 Å². The zero-order chi connectivity index (χ0) is 64.3. The average molecular weight is 1260 g/mol. The lowest BCUT2D eigenvalue weighted by Gasteiger charge is -2.44. The van der Waals surface area contributed by atoms with Crippen LogP contribution < -0.4 is 25.8 Å². The highest BCUT2D eigenvalue weighted by Gasteiger charge is 2.52. The fourth-order valence-electron chi connectivity index (χ4n) is 10.6. The molecule has 1 aromatic heterocycles. The van der Waals surface area contributed by atoms with E-state index >= 15 is 4.57 Å². The summed E-state index contributed by atoms with van der Waals surface area (Å²) >= 11 is 0. The normalized spacial score (nSPS) is 20.8. The summed E-state index contributed by atoms with van der Waals surface area (Å²) in [6, 6.07) is 32.8. The Morgan fingerprint density at radius 2 is 1.22 bits per heavy atom. The van der Waals surface area contributed by atoms with Crippen LogP contribution in [0, 0.1) is 0 Å². The first-order valence-corrected chi connectivity index (χ1v) is 30.6. The van der Waals surface area contributed by atoms with Crippen LogP contribution in [0.5, 0.6) is 11.5 Å². The molecule has 2 aliphatic rings. The van der Waals surface area contributed by atoms with Crippen LogP contribution in [0.15, 0.2) is 126 Å². The van der Waals surface area contributed by atoms with Crippen LogP contribution >= 0.6 is 7.75 Å². The van der Waals surface area contributed by atoms with Gasteiger partial charge in [-0.2, -0.15) is 4.98 Å². The molecule has 2 amide bonds. The van der Waals surface area contributed by atoms with Crippen molar-refractivity contribution in [1.82, 2.24) is 19.5 Å². The van der Waals surface area contributed by atoms with Crippen LogP contribution in [-0.4, -0.2) is 166 Å². The molecule has 2 N–H and O–H groups in total. The molecule has 482 valence electrons. The number of carbonyl (C=O) groups is 5. The summed E-state index contributed by atoms with van der Waals surface area (Å²) in [5, 5.41) is 5.33. The van der Waals surface area contributed by atoms with Gasteiger partial charge < -0.3 is 62.7 Å². The molecule has 1 unspecified atom stereocenters. The van der Waals surface area contributed by atoms with E-state index < -0.39 is 104 Å². The van der Waals surface area contributed by atoms with Crippen LogP contribution in [0.1, 0.15) is 95.1 Å². The fourth-order valence-corrected chi connectivity index (χ4v) is 12.9. The van der Waals surface area contributed by atoms with Gasteiger partial charge in [-0.1, -0.05) is 72.8 Å². The van der Waals surface area contributed by atoms with Crippen molar-refractivity contribution in [3.05, 3.63) is 154 Å². The molecular weight excluding hydrogens is 1180 g/mol. The van der Waals surface area contributed by atoms with Gasteiger partial charge in [0.25, 0.3) is 5.91 Å². The first-order valence-electron chi connectivity index (χ1n) is 29.1. The van der Waals surface area contributed by atoms with Crippen molar-refractivity contribution < 1.29 is 89.7 Å². The second-order valence-corrected chi connectivity index (χ2v) is 23.2. The Hall–Kier alpha value is -7.42. The van der Waals surface area contributed by atoms with Crippen molar-refractivity contribution in [3.63, 3.8) is 0 Å². The Kier molecular flexibility index (Phi) is 25.5. The van der Waals surface area contributed by atoms with Gasteiger partial charge in [-0.15, -0.1) is 0 Å². The van der Waals surface area contributed by atoms with E-state index in [9.17, 15) is 28.8 Å². The van der Waals surface area contributed by atoms with Crippen molar-refractivity contribution in [2.24, 2.45) is 0 Å². The molecule has 0 bridgehead atoms. The lowest BCUT2D eigenvalue weighted by Crippen LogP contribution is -2.66. The van der Waals surface area contributed by atoms with Gasteiger partial charge in [0.1, 0.15) is 60.1 Å². The monoisotopic (exact) mass is 1260 g/mol. The number of anilines is 1. The number of hydrogen-bond acceptors (Lipinski definition) is 21. The number of hydrogen-bond donors (Lipinski definition) is 2. The molecule has 4 aromatic carbocycles. The quantitative estimate of drug-likeness (QED) is 0.0142. The van der Waals surface area contributed by atoms with Crippen molar-refractivity contribution in [3.8, 4) is 11.5 Å². The van der Waals surface area contributed by atoms with Crippen LogP contribution in [0.4, 0.5) is 5.82 Å². The summed E-state index contributed by atoms with van der Waals surface area (Å²) in [5.74, 6) is -1.84. The van der Waals surface area contributed by atoms with E-state index in [-0.39, 0.29) is 70.6 Å². The maximum Gasteiger partial charge on any atom is 0.409 e. The van der Waals surface area contributed by atoms with E-state index in [0.717, 1.165) is 30.5 Å². The Morgan fingerprint density at radius 1 is 0.674 bits per heavy atom. The molecule has 89 heavy (non-hydrogen) atoms. The molecule has 2 aliphatic heterocycles. The first kappa shape index (κ1) is 69.1. The highest BCUT2D eigenvalue weighted by Crippen LogP contribution is 2.57. The van der Waals surface area contributed by atoms with E-state index in [0.29, 0.717) is 17.1 Å². The topological polar surface area (TPSA) is 285 Å². The highest BCUT2D eigenvalue weighted by molar-refractivity contribution is 7.51. The molecule has 0 saturated carbocycles. The van der Waals surface area contributed by atoms with Crippen LogP contribution in [-0.2, 0) is 81.0 Å². The van der Waals surface area contributed by atoms with E-state index in [1.807, 2.05) is 107 Å². The summed E-state index contributed by atoms with van der Waals surface area (Å²) in [6.07, 6.45) is -6.67. The lowest BCUT2D eigenvalue weighted by molar-refractivity contribution is -0.279. The molecule has 0 spiro atoms. The second kappa shape index (κ2) is 32.9. The lowest BCUT2D eigenvalue weighted by atomic mass is 9.80. The van der Waals surface area contributed by atoms with Crippen LogP contribution in [0.2, 0.25) is 0 Å². The number of esters is 3. The molecule has 7 rings (SSSR count). The minimum atomic E-state index is -4.33. The maximum atomic E-state index is 15.7.